The fraction of sp³-hybridized carbons (Fsp3) is 0.304. The van der Waals surface area contributed by atoms with Gasteiger partial charge in [-0.25, -0.2) is 0 Å². The van der Waals surface area contributed by atoms with E-state index in [0.29, 0.717) is 24.4 Å². The number of aliphatic hydroxyl groups is 1. The van der Waals surface area contributed by atoms with Crippen molar-refractivity contribution in [2.45, 2.75) is 19.4 Å². The SMILES string of the molecule is CCN(CC)CCN1C(=O)C(O)(c2cc3ccccc3o2)c2c(Cl)cc(C(N)=O)cc21.Cl. The number of fused-ring (bicyclic) bond motifs is 2. The first-order chi connectivity index (χ1) is 14.8. The topological polar surface area (TPSA) is 100 Å². The van der Waals surface area contributed by atoms with Gasteiger partial charge in [0.25, 0.3) is 5.91 Å². The van der Waals surface area contributed by atoms with Crippen molar-refractivity contribution in [3.63, 3.8) is 0 Å². The van der Waals surface area contributed by atoms with Crippen LogP contribution in [-0.2, 0) is 10.4 Å². The summed E-state index contributed by atoms with van der Waals surface area (Å²) in [6, 6.07) is 11.8. The lowest BCUT2D eigenvalue weighted by Gasteiger charge is -2.25. The molecule has 32 heavy (non-hydrogen) atoms. The zero-order chi connectivity index (χ0) is 22.3. The summed E-state index contributed by atoms with van der Waals surface area (Å²) in [7, 11) is 0. The monoisotopic (exact) mass is 477 g/mol. The molecule has 0 radical (unpaired) electrons. The summed E-state index contributed by atoms with van der Waals surface area (Å²) >= 11 is 6.50. The van der Waals surface area contributed by atoms with E-state index in [4.69, 9.17) is 21.8 Å². The highest BCUT2D eigenvalue weighted by molar-refractivity contribution is 6.33. The molecule has 0 bridgehead atoms. The summed E-state index contributed by atoms with van der Waals surface area (Å²) in [4.78, 5) is 29.0. The van der Waals surface area contributed by atoms with E-state index in [1.165, 1.54) is 17.0 Å². The molecule has 1 aliphatic rings. The van der Waals surface area contributed by atoms with Crippen LogP contribution in [0.3, 0.4) is 0 Å². The molecule has 0 aliphatic carbocycles. The number of nitrogens with zero attached hydrogens (tertiary/aromatic N) is 2. The van der Waals surface area contributed by atoms with Crippen molar-refractivity contribution in [3.05, 3.63) is 64.4 Å². The second-order valence-electron chi connectivity index (χ2n) is 7.56. The lowest BCUT2D eigenvalue weighted by atomic mass is 9.91. The molecule has 2 aromatic carbocycles. The molecule has 0 spiro atoms. The van der Waals surface area contributed by atoms with Gasteiger partial charge in [0.1, 0.15) is 5.58 Å². The van der Waals surface area contributed by atoms with Gasteiger partial charge in [-0.2, -0.15) is 0 Å². The number of primary amides is 1. The van der Waals surface area contributed by atoms with Crippen LogP contribution in [0.5, 0.6) is 0 Å². The summed E-state index contributed by atoms with van der Waals surface area (Å²) in [5.41, 5.74) is 4.63. The molecule has 2 amide bonds. The second-order valence-corrected chi connectivity index (χ2v) is 7.97. The quantitative estimate of drug-likeness (QED) is 0.541. The number of hydrogen-bond donors (Lipinski definition) is 2. The molecule has 1 atom stereocenters. The van der Waals surface area contributed by atoms with Gasteiger partial charge in [0.2, 0.25) is 11.5 Å². The number of amides is 2. The van der Waals surface area contributed by atoms with E-state index in [1.54, 1.807) is 12.1 Å². The van der Waals surface area contributed by atoms with E-state index in [1.807, 2.05) is 32.0 Å². The van der Waals surface area contributed by atoms with Crippen molar-refractivity contribution in [1.82, 2.24) is 4.90 Å². The lowest BCUT2D eigenvalue weighted by molar-refractivity contribution is -0.133. The van der Waals surface area contributed by atoms with Crippen LogP contribution in [0, 0.1) is 0 Å². The van der Waals surface area contributed by atoms with Crippen LogP contribution in [0.15, 0.2) is 46.9 Å². The van der Waals surface area contributed by atoms with E-state index in [-0.39, 0.29) is 34.3 Å². The molecule has 7 nitrogen and oxygen atoms in total. The van der Waals surface area contributed by atoms with Gasteiger partial charge in [-0.3, -0.25) is 9.59 Å². The fourth-order valence-electron chi connectivity index (χ4n) is 4.11. The van der Waals surface area contributed by atoms with Gasteiger partial charge in [0.05, 0.1) is 10.7 Å². The standard InChI is InChI=1S/C23H24ClN3O4.ClH/c1-3-26(4-2)9-10-27-17-12-15(21(25)28)11-16(24)20(17)23(30,22(27)29)19-13-14-7-5-6-8-18(14)31-19;/h5-8,11-13,30H,3-4,9-10H2,1-2H3,(H2,25,28);1H. The van der Waals surface area contributed by atoms with Gasteiger partial charge in [-0.1, -0.05) is 43.6 Å². The third-order valence-electron chi connectivity index (χ3n) is 5.88. The predicted octanol–water partition coefficient (Wildman–Crippen LogP) is 3.53. The minimum absolute atomic E-state index is 0. The molecule has 0 saturated heterocycles. The normalized spacial score (nSPS) is 17.7. The van der Waals surface area contributed by atoms with Gasteiger partial charge in [0.15, 0.2) is 5.76 Å². The Morgan fingerprint density at radius 3 is 2.53 bits per heavy atom. The number of benzene rings is 2. The van der Waals surface area contributed by atoms with Crippen molar-refractivity contribution in [2.24, 2.45) is 5.73 Å². The number of hydrogen-bond acceptors (Lipinski definition) is 5. The van der Waals surface area contributed by atoms with Crippen molar-refractivity contribution in [3.8, 4) is 0 Å². The summed E-state index contributed by atoms with van der Waals surface area (Å²) in [6.45, 7) is 6.62. The Morgan fingerprint density at radius 1 is 1.22 bits per heavy atom. The number of nitrogens with two attached hydrogens (primary N) is 1. The van der Waals surface area contributed by atoms with Gasteiger partial charge in [-0.15, -0.1) is 12.4 Å². The first-order valence-electron chi connectivity index (χ1n) is 10.2. The van der Waals surface area contributed by atoms with Crippen LogP contribution in [0.1, 0.15) is 35.5 Å². The molecule has 170 valence electrons. The lowest BCUT2D eigenvalue weighted by Crippen LogP contribution is -2.44. The Bertz CT molecular complexity index is 1140. The second kappa shape index (κ2) is 9.11. The third kappa shape index (κ3) is 3.75. The van der Waals surface area contributed by atoms with Gasteiger partial charge in [-0.05, 0) is 37.4 Å². The summed E-state index contributed by atoms with van der Waals surface area (Å²) in [6.07, 6.45) is 0. The van der Waals surface area contributed by atoms with E-state index >= 15 is 0 Å². The van der Waals surface area contributed by atoms with Crippen molar-refractivity contribution in [1.29, 1.82) is 0 Å². The van der Waals surface area contributed by atoms with Gasteiger partial charge in [0, 0.05) is 29.6 Å². The molecular weight excluding hydrogens is 453 g/mol. The van der Waals surface area contributed by atoms with E-state index < -0.39 is 17.4 Å². The zero-order valence-corrected chi connectivity index (χ0v) is 19.4. The molecule has 1 aliphatic heterocycles. The van der Waals surface area contributed by atoms with Crippen LogP contribution in [0.2, 0.25) is 5.02 Å². The predicted molar refractivity (Wildman–Crippen MR) is 127 cm³/mol. The fourth-order valence-corrected chi connectivity index (χ4v) is 4.46. The number of carbonyl (C=O) groups excluding carboxylic acids is 2. The Morgan fingerprint density at radius 2 is 1.91 bits per heavy atom. The van der Waals surface area contributed by atoms with E-state index in [2.05, 4.69) is 4.90 Å². The van der Waals surface area contributed by atoms with Crippen molar-refractivity contribution in [2.75, 3.05) is 31.1 Å². The number of anilines is 1. The molecule has 3 N–H and O–H groups in total. The van der Waals surface area contributed by atoms with E-state index in [0.717, 1.165) is 18.5 Å². The first-order valence-corrected chi connectivity index (χ1v) is 10.6. The minimum Gasteiger partial charge on any atom is -0.457 e. The third-order valence-corrected chi connectivity index (χ3v) is 6.18. The molecule has 1 aromatic heterocycles. The number of rotatable bonds is 7. The molecule has 2 heterocycles. The average Bonchev–Trinajstić information content (AvgIpc) is 3.28. The highest BCUT2D eigenvalue weighted by atomic mass is 35.5. The number of likely N-dealkylation sites (N-methyl/N-ethyl adjacent to an activating group) is 1. The zero-order valence-electron chi connectivity index (χ0n) is 17.8. The molecule has 0 saturated carbocycles. The van der Waals surface area contributed by atoms with Crippen LogP contribution >= 0.6 is 24.0 Å². The van der Waals surface area contributed by atoms with Crippen molar-refractivity contribution >= 4 is 52.5 Å². The maximum Gasteiger partial charge on any atom is 0.271 e. The molecule has 3 aromatic rings. The molecule has 0 fully saturated rings. The van der Waals surface area contributed by atoms with Crippen LogP contribution < -0.4 is 10.6 Å². The molecule has 4 rings (SSSR count). The Balaban J connectivity index is 0.00000289. The summed E-state index contributed by atoms with van der Waals surface area (Å²) in [5.74, 6) is -1.16. The van der Waals surface area contributed by atoms with Crippen LogP contribution in [0.4, 0.5) is 5.69 Å². The van der Waals surface area contributed by atoms with E-state index in [9.17, 15) is 14.7 Å². The summed E-state index contributed by atoms with van der Waals surface area (Å²) < 4.78 is 5.87. The number of carbonyl (C=O) groups is 2. The highest BCUT2D eigenvalue weighted by Gasteiger charge is 2.55. The number of halogens is 2. The number of para-hydroxylation sites is 1. The maximum absolute atomic E-state index is 13.6. The molecule has 1 unspecified atom stereocenters. The number of furan rings is 1. The average molecular weight is 478 g/mol. The largest absolute Gasteiger partial charge is 0.457 e. The summed E-state index contributed by atoms with van der Waals surface area (Å²) in [5, 5.41) is 12.6. The first kappa shape index (κ1) is 24.1. The highest BCUT2D eigenvalue weighted by Crippen LogP contribution is 2.49. The Kier molecular flexibility index (Phi) is 6.86. The van der Waals surface area contributed by atoms with Crippen LogP contribution in [0.25, 0.3) is 11.0 Å². The van der Waals surface area contributed by atoms with Gasteiger partial charge >= 0.3 is 0 Å². The van der Waals surface area contributed by atoms with Gasteiger partial charge < -0.3 is 25.1 Å². The smallest absolute Gasteiger partial charge is 0.271 e. The van der Waals surface area contributed by atoms with Crippen LogP contribution in [-0.4, -0.2) is 48.0 Å². The Hall–Kier alpha value is -2.58. The minimum atomic E-state index is -2.11. The molecular formula is C23H25Cl2N3O4. The van der Waals surface area contributed by atoms with Crippen molar-refractivity contribution < 1.29 is 19.1 Å². The Labute approximate surface area is 197 Å². The molecule has 9 heteroatoms. The maximum atomic E-state index is 13.6.